The summed E-state index contributed by atoms with van der Waals surface area (Å²) in [5.41, 5.74) is -0.787. The molecule has 2 aliphatic heterocycles. The number of ketones is 1. The monoisotopic (exact) mass is 683 g/mol. The zero-order valence-electron chi connectivity index (χ0n) is 29.7. The predicted molar refractivity (Wildman–Crippen MR) is 183 cm³/mol. The molecule has 0 radical (unpaired) electrons. The third kappa shape index (κ3) is 12.7. The molecule has 0 unspecified atom stereocenters. The van der Waals surface area contributed by atoms with Crippen LogP contribution in [-0.2, 0) is 43.0 Å². The molecule has 2 heterocycles. The molecule has 0 saturated carbocycles. The first-order valence-electron chi connectivity index (χ1n) is 17.3. The van der Waals surface area contributed by atoms with Crippen LogP contribution in [0.4, 0.5) is 5.69 Å². The number of piperidine rings is 2. The lowest BCUT2D eigenvalue weighted by molar-refractivity contribution is -0.165. The number of amides is 2. The average Bonchev–Trinajstić information content (AvgIpc) is 3.07. The molecular formula is C37H53N3O9. The van der Waals surface area contributed by atoms with E-state index < -0.39 is 52.8 Å². The van der Waals surface area contributed by atoms with Crippen molar-refractivity contribution >= 4 is 41.2 Å². The third-order valence-corrected chi connectivity index (χ3v) is 8.52. The fraction of sp³-hybridized carbons (Fsp3) is 0.622. The van der Waals surface area contributed by atoms with E-state index >= 15 is 0 Å². The lowest BCUT2D eigenvalue weighted by Gasteiger charge is -2.36. The second-order valence-corrected chi connectivity index (χ2v) is 14.4. The van der Waals surface area contributed by atoms with Crippen molar-refractivity contribution in [1.29, 1.82) is 0 Å². The summed E-state index contributed by atoms with van der Waals surface area (Å²) in [6.45, 7) is 14.2. The van der Waals surface area contributed by atoms with E-state index in [4.69, 9.17) is 14.2 Å². The summed E-state index contributed by atoms with van der Waals surface area (Å²) in [6.07, 6.45) is 5.72. The maximum atomic E-state index is 13.8. The molecule has 270 valence electrons. The number of ether oxygens (including phenoxy) is 3. The quantitative estimate of drug-likeness (QED) is 0.117. The minimum Gasteiger partial charge on any atom is -0.461 e. The maximum Gasteiger partial charge on any atom is 0.330 e. The second-order valence-electron chi connectivity index (χ2n) is 14.4. The maximum absolute atomic E-state index is 13.8. The highest BCUT2D eigenvalue weighted by Gasteiger charge is 2.42. The van der Waals surface area contributed by atoms with Gasteiger partial charge in [0, 0.05) is 37.7 Å². The Morgan fingerprint density at radius 2 is 1.65 bits per heavy atom. The molecule has 2 amide bonds. The molecule has 1 aromatic carbocycles. The van der Waals surface area contributed by atoms with Crippen molar-refractivity contribution in [2.75, 3.05) is 38.1 Å². The van der Waals surface area contributed by atoms with Crippen LogP contribution in [0.15, 0.2) is 36.9 Å². The van der Waals surface area contributed by atoms with Crippen molar-refractivity contribution in [2.45, 2.75) is 110 Å². The van der Waals surface area contributed by atoms with Gasteiger partial charge in [0.15, 0.2) is 0 Å². The number of nitrogens with zero attached hydrogens (tertiary/aromatic N) is 2. The lowest BCUT2D eigenvalue weighted by Crippen LogP contribution is -2.53. The molecule has 49 heavy (non-hydrogen) atoms. The van der Waals surface area contributed by atoms with Crippen molar-refractivity contribution in [2.24, 2.45) is 5.41 Å². The molecule has 1 N–H and O–H groups in total. The van der Waals surface area contributed by atoms with Gasteiger partial charge in [-0.25, -0.2) is 9.59 Å². The molecule has 12 nitrogen and oxygen atoms in total. The number of hydrogen-bond acceptors (Lipinski definition) is 10. The van der Waals surface area contributed by atoms with Crippen LogP contribution in [0.2, 0.25) is 0 Å². The number of rotatable bonds is 15. The Balaban J connectivity index is 1.75. The van der Waals surface area contributed by atoms with E-state index in [0.717, 1.165) is 32.0 Å². The summed E-state index contributed by atoms with van der Waals surface area (Å²) >= 11 is 0. The Morgan fingerprint density at radius 3 is 2.33 bits per heavy atom. The van der Waals surface area contributed by atoms with E-state index in [0.29, 0.717) is 43.5 Å². The molecule has 3 rings (SSSR count). The molecule has 0 spiro atoms. The summed E-state index contributed by atoms with van der Waals surface area (Å²) in [7, 11) is 0. The van der Waals surface area contributed by atoms with Gasteiger partial charge < -0.3 is 29.3 Å². The number of Topliss-reactive ketones (excluding diaryl/α,β-unsaturated/α-hetero) is 1. The SMILES string of the molecule is C=CC(=O)OCC(C)(C)C(=O)C(=O)N1CCCC[C@H]1C(=O)O[C@H](CCN1CCCCC1)c1cccc(NC(=O)CCC(=O)OC(C)(C)C)c1. The van der Waals surface area contributed by atoms with E-state index in [9.17, 15) is 28.8 Å². The van der Waals surface area contributed by atoms with Crippen LogP contribution < -0.4 is 5.32 Å². The zero-order chi connectivity index (χ0) is 36.2. The topological polar surface area (TPSA) is 149 Å². The molecule has 0 aliphatic carbocycles. The smallest absolute Gasteiger partial charge is 0.330 e. The highest BCUT2D eigenvalue weighted by atomic mass is 16.6. The highest BCUT2D eigenvalue weighted by molar-refractivity contribution is 6.38. The second kappa shape index (κ2) is 18.1. The van der Waals surface area contributed by atoms with Crippen LogP contribution in [0, 0.1) is 5.41 Å². The van der Waals surface area contributed by atoms with Gasteiger partial charge in [-0.05, 0) is 97.5 Å². The number of hydrogen-bond donors (Lipinski definition) is 1. The first-order chi connectivity index (χ1) is 23.1. The standard InChI is InChI=1S/C37H53N3O9/c1-7-31(42)47-25-37(5,6)33(44)34(45)40-22-12-9-16-28(40)35(46)48-29(19-23-39-20-10-8-11-21-39)26-14-13-15-27(24-26)38-30(41)17-18-32(43)49-36(2,3)4/h7,13-15,24,28-29H,1,8-12,16-23,25H2,2-6H3,(H,38,41)/t28-,29+/m0/s1. The van der Waals surface area contributed by atoms with Crippen molar-refractivity contribution in [3.63, 3.8) is 0 Å². The van der Waals surface area contributed by atoms with Crippen LogP contribution in [-0.4, -0.2) is 89.7 Å². The number of nitrogens with one attached hydrogen (secondary N) is 1. The minimum absolute atomic E-state index is 0.0513. The Hall–Kier alpha value is -4.06. The average molecular weight is 684 g/mol. The van der Waals surface area contributed by atoms with E-state index in [-0.39, 0.29) is 31.9 Å². The van der Waals surface area contributed by atoms with Gasteiger partial charge in [0.2, 0.25) is 11.7 Å². The summed E-state index contributed by atoms with van der Waals surface area (Å²) in [4.78, 5) is 80.6. The van der Waals surface area contributed by atoms with Crippen molar-refractivity contribution in [1.82, 2.24) is 9.80 Å². The Bertz CT molecular complexity index is 1360. The molecule has 2 saturated heterocycles. The summed E-state index contributed by atoms with van der Waals surface area (Å²) in [5.74, 6) is -3.70. The first kappa shape index (κ1) is 39.4. The van der Waals surface area contributed by atoms with Crippen molar-refractivity contribution < 1.29 is 43.0 Å². The summed E-state index contributed by atoms with van der Waals surface area (Å²) in [6, 6.07) is 6.10. The first-order valence-corrected chi connectivity index (χ1v) is 17.3. The van der Waals surface area contributed by atoms with E-state index in [1.165, 1.54) is 25.2 Å². The molecule has 0 bridgehead atoms. The van der Waals surface area contributed by atoms with Gasteiger partial charge in [0.1, 0.15) is 24.4 Å². The molecule has 12 heteroatoms. The van der Waals surface area contributed by atoms with E-state index in [1.54, 1.807) is 39.0 Å². The van der Waals surface area contributed by atoms with Gasteiger partial charge in [-0.3, -0.25) is 19.2 Å². The molecule has 2 atom stereocenters. The van der Waals surface area contributed by atoms with Crippen LogP contribution >= 0.6 is 0 Å². The molecule has 2 aliphatic rings. The van der Waals surface area contributed by atoms with Gasteiger partial charge in [-0.2, -0.15) is 0 Å². The Labute approximate surface area is 289 Å². The number of anilines is 1. The predicted octanol–water partition coefficient (Wildman–Crippen LogP) is 4.91. The molecular weight excluding hydrogens is 630 g/mol. The van der Waals surface area contributed by atoms with Crippen LogP contribution in [0.5, 0.6) is 0 Å². The van der Waals surface area contributed by atoms with Gasteiger partial charge in [0.25, 0.3) is 5.91 Å². The molecule has 1 aromatic rings. The number of carbonyl (C=O) groups is 6. The largest absolute Gasteiger partial charge is 0.461 e. The summed E-state index contributed by atoms with van der Waals surface area (Å²) < 4.78 is 16.5. The summed E-state index contributed by atoms with van der Waals surface area (Å²) in [5, 5.41) is 2.82. The Morgan fingerprint density at radius 1 is 0.959 bits per heavy atom. The number of benzene rings is 1. The normalized spacial score (nSPS) is 17.7. The fourth-order valence-corrected chi connectivity index (χ4v) is 5.86. The van der Waals surface area contributed by atoms with Crippen LogP contribution in [0.1, 0.15) is 104 Å². The molecule has 2 fully saturated rings. The van der Waals surface area contributed by atoms with Crippen LogP contribution in [0.3, 0.4) is 0 Å². The number of esters is 3. The highest BCUT2D eigenvalue weighted by Crippen LogP contribution is 2.29. The van der Waals surface area contributed by atoms with Gasteiger partial charge >= 0.3 is 17.9 Å². The fourth-order valence-electron chi connectivity index (χ4n) is 5.86. The Kier molecular flexibility index (Phi) is 14.5. The van der Waals surface area contributed by atoms with Gasteiger partial charge in [-0.1, -0.05) is 25.1 Å². The van der Waals surface area contributed by atoms with E-state index in [2.05, 4.69) is 16.8 Å². The molecule has 0 aromatic heterocycles. The van der Waals surface area contributed by atoms with Crippen LogP contribution in [0.25, 0.3) is 0 Å². The lowest BCUT2D eigenvalue weighted by atomic mass is 9.87. The number of carbonyl (C=O) groups excluding carboxylic acids is 6. The minimum atomic E-state index is -1.31. The van der Waals surface area contributed by atoms with Gasteiger partial charge in [-0.15, -0.1) is 0 Å². The van der Waals surface area contributed by atoms with Crippen molar-refractivity contribution in [3.8, 4) is 0 Å². The zero-order valence-corrected chi connectivity index (χ0v) is 29.7. The number of likely N-dealkylation sites (tertiary alicyclic amines) is 2. The van der Waals surface area contributed by atoms with Gasteiger partial charge in [0.05, 0.1) is 11.8 Å². The van der Waals surface area contributed by atoms with Crippen molar-refractivity contribution in [3.05, 3.63) is 42.5 Å². The third-order valence-electron chi connectivity index (χ3n) is 8.52. The van der Waals surface area contributed by atoms with E-state index in [1.807, 2.05) is 6.07 Å².